The van der Waals surface area contributed by atoms with Gasteiger partial charge in [0.2, 0.25) is 0 Å². The van der Waals surface area contributed by atoms with Crippen LogP contribution in [0, 0.1) is 22.7 Å². The predicted octanol–water partition coefficient (Wildman–Crippen LogP) is 5.45. The summed E-state index contributed by atoms with van der Waals surface area (Å²) in [5, 5.41) is 13.2. The molecule has 0 aliphatic heterocycles. The first kappa shape index (κ1) is 22.3. The average molecular weight is 380 g/mol. The monoisotopic (exact) mass is 379 g/mol. The Morgan fingerprint density at radius 3 is 2.67 bits per heavy atom. The number of aliphatic hydroxyl groups is 1. The van der Waals surface area contributed by atoms with E-state index in [1.165, 1.54) is 18.4 Å². The van der Waals surface area contributed by atoms with Gasteiger partial charge in [0.05, 0.1) is 6.61 Å². The Kier molecular flexibility index (Phi) is 7.05. The Morgan fingerprint density at radius 2 is 2.07 bits per heavy atom. The van der Waals surface area contributed by atoms with Crippen molar-refractivity contribution in [1.29, 1.82) is 0 Å². The number of amides is 1. The fourth-order valence-corrected chi connectivity index (χ4v) is 5.68. The van der Waals surface area contributed by atoms with Crippen molar-refractivity contribution in [3.8, 4) is 0 Å². The van der Waals surface area contributed by atoms with Gasteiger partial charge in [0, 0.05) is 12.0 Å². The van der Waals surface area contributed by atoms with Gasteiger partial charge in [0.1, 0.15) is 5.60 Å². The molecule has 2 rings (SSSR count). The van der Waals surface area contributed by atoms with E-state index in [4.69, 9.17) is 4.74 Å². The molecule has 2 aliphatic carbocycles. The molecule has 2 N–H and O–H groups in total. The lowest BCUT2D eigenvalue weighted by molar-refractivity contribution is 0.0128. The molecule has 0 heterocycles. The van der Waals surface area contributed by atoms with E-state index in [-0.39, 0.29) is 23.5 Å². The lowest BCUT2D eigenvalue weighted by Crippen LogP contribution is -2.48. The largest absolute Gasteiger partial charge is 0.444 e. The molecule has 2 aliphatic rings. The van der Waals surface area contributed by atoms with E-state index in [1.54, 1.807) is 0 Å². The molecule has 0 unspecified atom stereocenters. The van der Waals surface area contributed by atoms with E-state index in [9.17, 15) is 9.90 Å². The zero-order chi connectivity index (χ0) is 20.3. The molecule has 1 saturated carbocycles. The van der Waals surface area contributed by atoms with Crippen molar-refractivity contribution < 1.29 is 14.6 Å². The maximum atomic E-state index is 11.9. The zero-order valence-corrected chi connectivity index (χ0v) is 18.4. The summed E-state index contributed by atoms with van der Waals surface area (Å²) in [6.07, 6.45) is 9.81. The number of rotatable bonds is 6. The van der Waals surface area contributed by atoms with Crippen LogP contribution in [0.25, 0.3) is 0 Å². The van der Waals surface area contributed by atoms with Gasteiger partial charge in [-0.15, -0.1) is 0 Å². The van der Waals surface area contributed by atoms with E-state index in [0.29, 0.717) is 18.4 Å². The molecular weight excluding hydrogens is 338 g/mol. The quantitative estimate of drug-likeness (QED) is 0.476. The highest BCUT2D eigenvalue weighted by atomic mass is 16.6. The summed E-state index contributed by atoms with van der Waals surface area (Å²) in [7, 11) is 0. The van der Waals surface area contributed by atoms with E-state index in [0.717, 1.165) is 32.1 Å². The number of aliphatic hydroxyl groups excluding tert-OH is 1. The first-order valence-electron chi connectivity index (χ1n) is 10.8. The summed E-state index contributed by atoms with van der Waals surface area (Å²) in [5.41, 5.74) is 1.14. The summed E-state index contributed by atoms with van der Waals surface area (Å²) < 4.78 is 5.34. The molecule has 0 aromatic carbocycles. The van der Waals surface area contributed by atoms with Gasteiger partial charge in [0.15, 0.2) is 0 Å². The Labute approximate surface area is 166 Å². The molecule has 156 valence electrons. The van der Waals surface area contributed by atoms with Crippen molar-refractivity contribution >= 4 is 6.09 Å². The third kappa shape index (κ3) is 5.07. The van der Waals surface area contributed by atoms with Crippen LogP contribution in [0.4, 0.5) is 4.79 Å². The van der Waals surface area contributed by atoms with Crippen LogP contribution in [0.5, 0.6) is 0 Å². The molecule has 4 heteroatoms. The fourth-order valence-electron chi connectivity index (χ4n) is 5.68. The van der Waals surface area contributed by atoms with Crippen LogP contribution < -0.4 is 5.32 Å². The number of carbonyl (C=O) groups excluding carboxylic acids is 1. The summed E-state index contributed by atoms with van der Waals surface area (Å²) >= 11 is 0. The SMILES string of the molecule is CC(C)[C@@H]1CC[C@@]2(CO)CCCC=C2[C@@]1(C)CCCNC(=O)OC(C)(C)C. The van der Waals surface area contributed by atoms with Crippen LogP contribution >= 0.6 is 0 Å². The Bertz CT molecular complexity index is 548. The minimum atomic E-state index is -0.462. The van der Waals surface area contributed by atoms with Gasteiger partial charge in [-0.2, -0.15) is 0 Å². The van der Waals surface area contributed by atoms with Gasteiger partial charge in [-0.25, -0.2) is 4.79 Å². The summed E-state index contributed by atoms with van der Waals surface area (Å²) in [5.74, 6) is 1.25. The standard InChI is InChI=1S/C23H41NO3/c1-17(2)18-11-14-23(16-25)13-8-7-10-19(23)22(18,6)12-9-15-24-20(26)27-21(3,4)5/h10,17-18,25H,7-9,11-16H2,1-6H3,(H,24,26)/t18-,22-,23+/m0/s1. The van der Waals surface area contributed by atoms with Crippen molar-refractivity contribution in [2.45, 2.75) is 92.1 Å². The first-order valence-corrected chi connectivity index (χ1v) is 10.8. The number of ether oxygens (including phenoxy) is 1. The van der Waals surface area contributed by atoms with Crippen LogP contribution in [-0.4, -0.2) is 30.0 Å². The molecule has 1 amide bonds. The van der Waals surface area contributed by atoms with Crippen molar-refractivity contribution in [3.05, 3.63) is 11.6 Å². The maximum Gasteiger partial charge on any atom is 0.407 e. The van der Waals surface area contributed by atoms with Gasteiger partial charge in [0.25, 0.3) is 0 Å². The van der Waals surface area contributed by atoms with Gasteiger partial charge >= 0.3 is 6.09 Å². The number of nitrogens with one attached hydrogen (secondary N) is 1. The van der Waals surface area contributed by atoms with Crippen molar-refractivity contribution in [2.24, 2.45) is 22.7 Å². The van der Waals surface area contributed by atoms with Crippen molar-refractivity contribution in [1.82, 2.24) is 5.32 Å². The van der Waals surface area contributed by atoms with Crippen molar-refractivity contribution in [3.63, 3.8) is 0 Å². The smallest absolute Gasteiger partial charge is 0.407 e. The Morgan fingerprint density at radius 1 is 1.37 bits per heavy atom. The number of hydrogen-bond donors (Lipinski definition) is 2. The molecular formula is C23H41NO3. The van der Waals surface area contributed by atoms with Gasteiger partial charge in [-0.05, 0) is 83.0 Å². The second kappa shape index (κ2) is 8.55. The molecule has 1 fully saturated rings. The minimum absolute atomic E-state index is 0.00299. The van der Waals surface area contributed by atoms with Crippen molar-refractivity contribution in [2.75, 3.05) is 13.2 Å². The zero-order valence-electron chi connectivity index (χ0n) is 18.4. The summed E-state index contributed by atoms with van der Waals surface area (Å²) in [6.45, 7) is 13.6. The second-order valence-electron chi connectivity index (χ2n) is 10.3. The first-order chi connectivity index (χ1) is 12.5. The fraction of sp³-hybridized carbons (Fsp3) is 0.870. The maximum absolute atomic E-state index is 11.9. The lowest BCUT2D eigenvalue weighted by Gasteiger charge is -2.56. The number of alkyl carbamates (subject to hydrolysis) is 1. The predicted molar refractivity (Wildman–Crippen MR) is 111 cm³/mol. The summed E-state index contributed by atoms with van der Waals surface area (Å²) in [6, 6.07) is 0. The van der Waals surface area contributed by atoms with Crippen LogP contribution in [-0.2, 0) is 4.74 Å². The Hall–Kier alpha value is -1.03. The van der Waals surface area contributed by atoms with Gasteiger partial charge in [-0.1, -0.05) is 32.4 Å². The number of carbonyl (C=O) groups is 1. The van der Waals surface area contributed by atoms with E-state index in [1.807, 2.05) is 20.8 Å². The van der Waals surface area contributed by atoms with Crippen LogP contribution in [0.1, 0.15) is 86.5 Å². The summed E-state index contributed by atoms with van der Waals surface area (Å²) in [4.78, 5) is 11.9. The third-order valence-corrected chi connectivity index (χ3v) is 6.80. The number of hydrogen-bond acceptors (Lipinski definition) is 3. The third-order valence-electron chi connectivity index (χ3n) is 6.80. The minimum Gasteiger partial charge on any atom is -0.444 e. The van der Waals surface area contributed by atoms with E-state index in [2.05, 4.69) is 32.2 Å². The topological polar surface area (TPSA) is 58.6 Å². The molecule has 0 aromatic heterocycles. The second-order valence-corrected chi connectivity index (χ2v) is 10.3. The highest BCUT2D eigenvalue weighted by molar-refractivity contribution is 5.67. The van der Waals surface area contributed by atoms with Gasteiger partial charge < -0.3 is 15.2 Å². The van der Waals surface area contributed by atoms with E-state index < -0.39 is 5.60 Å². The normalized spacial score (nSPS) is 31.3. The molecule has 0 radical (unpaired) electrons. The van der Waals surface area contributed by atoms with Crippen LogP contribution in [0.3, 0.4) is 0 Å². The van der Waals surface area contributed by atoms with Crippen LogP contribution in [0.15, 0.2) is 11.6 Å². The highest BCUT2D eigenvalue weighted by Gasteiger charge is 2.52. The molecule has 27 heavy (non-hydrogen) atoms. The number of fused-ring (bicyclic) bond motifs is 1. The highest BCUT2D eigenvalue weighted by Crippen LogP contribution is 2.60. The van der Waals surface area contributed by atoms with E-state index >= 15 is 0 Å². The molecule has 0 bridgehead atoms. The lowest BCUT2D eigenvalue weighted by atomic mass is 9.49. The number of allylic oxidation sites excluding steroid dienone is 1. The van der Waals surface area contributed by atoms with Crippen LogP contribution in [0.2, 0.25) is 0 Å². The molecule has 4 nitrogen and oxygen atoms in total. The van der Waals surface area contributed by atoms with Gasteiger partial charge in [-0.3, -0.25) is 0 Å². The average Bonchev–Trinajstić information content (AvgIpc) is 2.57. The molecule has 0 saturated heterocycles. The Balaban J connectivity index is 2.07. The molecule has 0 aromatic rings. The molecule has 3 atom stereocenters. The molecule has 0 spiro atoms.